The summed E-state index contributed by atoms with van der Waals surface area (Å²) in [6.07, 6.45) is -0.823. The monoisotopic (exact) mass is 540 g/mol. The van der Waals surface area contributed by atoms with E-state index in [9.17, 15) is 13.2 Å². The number of halogens is 3. The van der Waals surface area contributed by atoms with Crippen LogP contribution < -0.4 is 0 Å². The van der Waals surface area contributed by atoms with E-state index in [1.54, 1.807) is 17.8 Å². The van der Waals surface area contributed by atoms with Gasteiger partial charge in [-0.15, -0.1) is 10.2 Å². The van der Waals surface area contributed by atoms with E-state index in [0.29, 0.717) is 28.8 Å². The Bertz CT molecular complexity index is 1450. The third kappa shape index (κ3) is 4.62. The molecular formula is C27H27F3N6OS. The Morgan fingerprint density at radius 3 is 2.68 bits per heavy atom. The quantitative estimate of drug-likeness (QED) is 0.212. The predicted octanol–water partition coefficient (Wildman–Crippen LogP) is 5.62. The predicted molar refractivity (Wildman–Crippen MR) is 137 cm³/mol. The highest BCUT2D eigenvalue weighted by Gasteiger charge is 2.60. The van der Waals surface area contributed by atoms with Crippen molar-refractivity contribution in [1.82, 2.24) is 29.6 Å². The number of pyridine rings is 1. The number of aryl methyl sites for hydroxylation is 1. The molecule has 198 valence electrons. The molecule has 0 radical (unpaired) electrons. The molecule has 11 heteroatoms. The summed E-state index contributed by atoms with van der Waals surface area (Å²) in [7, 11) is 1.94. The Labute approximate surface area is 222 Å². The average molecular weight is 541 g/mol. The van der Waals surface area contributed by atoms with Crippen molar-refractivity contribution < 1.29 is 17.6 Å². The molecule has 0 spiro atoms. The number of hydrogen-bond donors (Lipinski definition) is 0. The van der Waals surface area contributed by atoms with Crippen molar-refractivity contribution in [2.75, 3.05) is 25.4 Å². The highest BCUT2D eigenvalue weighted by atomic mass is 32.2. The van der Waals surface area contributed by atoms with Crippen molar-refractivity contribution in [2.45, 2.75) is 36.5 Å². The fraction of sp³-hybridized carbons (Fsp3) is 0.407. The maximum absolute atomic E-state index is 13.0. The molecule has 3 aromatic heterocycles. The number of benzene rings is 1. The molecule has 1 aliphatic carbocycles. The van der Waals surface area contributed by atoms with Gasteiger partial charge in [0.1, 0.15) is 5.69 Å². The molecule has 1 saturated heterocycles. The standard InChI is InChI=1S/C27H27F3N6OS/c1-17-23(37-16-31-17)24-33-34-25(35(24)2)38-12-4-11-36-14-20-13-26(20,15-36)19-9-7-18(8-10-19)21-5-3-6-22(32-21)27(28,29)30/h3,5-10,16,20H,4,11-15H2,1-2H3/t20-,26+/m1/s1. The van der Waals surface area contributed by atoms with E-state index < -0.39 is 11.9 Å². The highest BCUT2D eigenvalue weighted by Crippen LogP contribution is 2.59. The summed E-state index contributed by atoms with van der Waals surface area (Å²) < 4.78 is 46.5. The van der Waals surface area contributed by atoms with Crippen LogP contribution in [0.15, 0.2) is 58.4 Å². The lowest BCUT2D eigenvalue weighted by Crippen LogP contribution is -2.27. The molecule has 1 aliphatic heterocycles. The smallest absolute Gasteiger partial charge is 0.433 e. The summed E-state index contributed by atoms with van der Waals surface area (Å²) in [5.41, 5.74) is 2.40. The molecule has 4 heterocycles. The number of oxazole rings is 1. The average Bonchev–Trinajstić information content (AvgIpc) is 3.18. The van der Waals surface area contributed by atoms with Crippen molar-refractivity contribution in [2.24, 2.45) is 13.0 Å². The minimum absolute atomic E-state index is 0.167. The third-order valence-corrected chi connectivity index (χ3v) is 8.75. The van der Waals surface area contributed by atoms with Crippen LogP contribution in [0.3, 0.4) is 0 Å². The Kier molecular flexibility index (Phi) is 6.30. The van der Waals surface area contributed by atoms with Gasteiger partial charge < -0.3 is 13.9 Å². The first-order valence-electron chi connectivity index (χ1n) is 12.5. The lowest BCUT2D eigenvalue weighted by atomic mass is 9.93. The minimum Gasteiger partial charge on any atom is -0.440 e. The van der Waals surface area contributed by atoms with Gasteiger partial charge in [0.25, 0.3) is 0 Å². The van der Waals surface area contributed by atoms with Gasteiger partial charge in [-0.3, -0.25) is 0 Å². The van der Waals surface area contributed by atoms with Crippen molar-refractivity contribution in [3.05, 3.63) is 65.8 Å². The number of hydrogen-bond acceptors (Lipinski definition) is 7. The number of alkyl halides is 3. The molecule has 38 heavy (non-hydrogen) atoms. The number of likely N-dealkylation sites (tertiary alicyclic amines) is 1. The topological polar surface area (TPSA) is 72.9 Å². The van der Waals surface area contributed by atoms with E-state index in [2.05, 4.69) is 37.2 Å². The normalized spacial score (nSPS) is 21.1. The van der Waals surface area contributed by atoms with E-state index >= 15 is 0 Å². The Morgan fingerprint density at radius 1 is 1.13 bits per heavy atom. The van der Waals surface area contributed by atoms with Crippen LogP contribution in [0.25, 0.3) is 22.8 Å². The van der Waals surface area contributed by atoms with Crippen LogP contribution in [0.5, 0.6) is 0 Å². The highest BCUT2D eigenvalue weighted by molar-refractivity contribution is 7.99. The summed E-state index contributed by atoms with van der Waals surface area (Å²) >= 11 is 1.69. The van der Waals surface area contributed by atoms with Crippen LogP contribution in [0.4, 0.5) is 13.2 Å². The van der Waals surface area contributed by atoms with Gasteiger partial charge in [-0.25, -0.2) is 9.97 Å². The molecule has 6 rings (SSSR count). The van der Waals surface area contributed by atoms with Crippen LogP contribution in [0, 0.1) is 12.8 Å². The van der Waals surface area contributed by atoms with Gasteiger partial charge in [-0.1, -0.05) is 42.1 Å². The second-order valence-corrected chi connectivity index (χ2v) is 11.2. The molecule has 4 aromatic rings. The second kappa shape index (κ2) is 9.53. The number of rotatable bonds is 8. The van der Waals surface area contributed by atoms with Crippen LogP contribution in [-0.2, 0) is 18.6 Å². The fourth-order valence-electron chi connectivity index (χ4n) is 5.54. The van der Waals surface area contributed by atoms with Crippen molar-refractivity contribution in [1.29, 1.82) is 0 Å². The van der Waals surface area contributed by atoms with Gasteiger partial charge in [-0.05, 0) is 49.9 Å². The number of thioether (sulfide) groups is 1. The lowest BCUT2D eigenvalue weighted by Gasteiger charge is -2.21. The first kappa shape index (κ1) is 25.1. The zero-order chi connectivity index (χ0) is 26.5. The van der Waals surface area contributed by atoms with Crippen LogP contribution in [-0.4, -0.2) is 55.0 Å². The van der Waals surface area contributed by atoms with Crippen LogP contribution >= 0.6 is 11.8 Å². The van der Waals surface area contributed by atoms with Crippen molar-refractivity contribution in [3.8, 4) is 22.8 Å². The Balaban J connectivity index is 1.03. The first-order chi connectivity index (χ1) is 18.2. The molecule has 7 nitrogen and oxygen atoms in total. The SMILES string of the molecule is Cc1ncoc1-c1nnc(SCCCN2C[C@H]3C[C@@]3(c3ccc(-c4cccc(C(F)(F)F)n4)cc3)C2)n1C. The summed E-state index contributed by atoms with van der Waals surface area (Å²) in [5, 5.41) is 9.43. The Morgan fingerprint density at radius 2 is 1.95 bits per heavy atom. The molecular weight excluding hydrogens is 513 g/mol. The molecule has 0 N–H and O–H groups in total. The van der Waals surface area contributed by atoms with E-state index in [0.717, 1.165) is 48.7 Å². The fourth-order valence-corrected chi connectivity index (χ4v) is 6.37. The number of fused-ring (bicyclic) bond motifs is 1. The van der Waals surface area contributed by atoms with E-state index in [-0.39, 0.29) is 5.41 Å². The van der Waals surface area contributed by atoms with Gasteiger partial charge in [0.2, 0.25) is 5.82 Å². The maximum atomic E-state index is 13.0. The minimum atomic E-state index is -4.45. The van der Waals surface area contributed by atoms with E-state index in [1.807, 2.05) is 30.7 Å². The summed E-state index contributed by atoms with van der Waals surface area (Å²) in [6.45, 7) is 5.00. The van der Waals surface area contributed by atoms with Crippen LogP contribution in [0.1, 0.15) is 29.8 Å². The molecule has 0 bridgehead atoms. The largest absolute Gasteiger partial charge is 0.440 e. The van der Waals surface area contributed by atoms with Gasteiger partial charge in [0.05, 0.1) is 11.4 Å². The zero-order valence-corrected chi connectivity index (χ0v) is 21.9. The molecule has 0 unspecified atom stereocenters. The number of piperidine rings is 1. The van der Waals surface area contributed by atoms with E-state index in [4.69, 9.17) is 4.42 Å². The van der Waals surface area contributed by atoms with Crippen molar-refractivity contribution >= 4 is 11.8 Å². The second-order valence-electron chi connectivity index (χ2n) is 10.1. The summed E-state index contributed by atoms with van der Waals surface area (Å²) in [6, 6.07) is 12.0. The van der Waals surface area contributed by atoms with Crippen LogP contribution in [0.2, 0.25) is 0 Å². The zero-order valence-electron chi connectivity index (χ0n) is 21.1. The third-order valence-electron chi connectivity index (χ3n) is 7.64. The molecule has 1 saturated carbocycles. The Hall–Kier alpha value is -3.18. The molecule has 0 amide bonds. The lowest BCUT2D eigenvalue weighted by molar-refractivity contribution is -0.141. The molecule has 2 aliphatic rings. The maximum Gasteiger partial charge on any atom is 0.433 e. The first-order valence-corrected chi connectivity index (χ1v) is 13.5. The summed E-state index contributed by atoms with van der Waals surface area (Å²) in [5.74, 6) is 2.90. The summed E-state index contributed by atoms with van der Waals surface area (Å²) in [4.78, 5) is 10.5. The van der Waals surface area contributed by atoms with E-state index in [1.165, 1.54) is 24.4 Å². The van der Waals surface area contributed by atoms with Gasteiger partial charge >= 0.3 is 6.18 Å². The molecule has 2 atom stereocenters. The van der Waals surface area contributed by atoms with Gasteiger partial charge in [0.15, 0.2) is 17.3 Å². The van der Waals surface area contributed by atoms with Gasteiger partial charge in [-0.2, -0.15) is 13.2 Å². The van der Waals surface area contributed by atoms with Crippen molar-refractivity contribution in [3.63, 3.8) is 0 Å². The number of aromatic nitrogens is 5. The molecule has 1 aromatic carbocycles. The molecule has 2 fully saturated rings. The number of nitrogens with zero attached hydrogens (tertiary/aromatic N) is 6. The van der Waals surface area contributed by atoms with Gasteiger partial charge in [0, 0.05) is 36.9 Å².